The van der Waals surface area contributed by atoms with Gasteiger partial charge in [-0.3, -0.25) is 0 Å². The zero-order chi connectivity index (χ0) is 49.4. The van der Waals surface area contributed by atoms with Crippen molar-refractivity contribution in [2.24, 2.45) is 0 Å². The summed E-state index contributed by atoms with van der Waals surface area (Å²) in [5.41, 5.74) is 24.8. The fourth-order valence-electron chi connectivity index (χ4n) is 12.7. The van der Waals surface area contributed by atoms with Gasteiger partial charge in [0.1, 0.15) is 0 Å². The lowest BCUT2D eigenvalue weighted by Gasteiger charge is -2.44. The van der Waals surface area contributed by atoms with Crippen LogP contribution in [-0.2, 0) is 21.7 Å². The van der Waals surface area contributed by atoms with Crippen molar-refractivity contribution < 1.29 is 0 Å². The number of hydrogen-bond donors (Lipinski definition) is 1. The van der Waals surface area contributed by atoms with E-state index in [0.717, 1.165) is 17.8 Å². The molecule has 0 amide bonds. The quantitative estimate of drug-likeness (QED) is 0.167. The molecule has 4 heteroatoms. The first kappa shape index (κ1) is 45.8. The molecule has 1 aliphatic heterocycles. The molecule has 0 saturated carbocycles. The standard InChI is InChI=1S/C67H66BN2S/c1-40-18-17-19-41(2)59(40)46-35-50(49-29-26-45-22-15-16-23-48(45)61(49)69-47-27-24-44(25-28-47)43-20-13-12-14-21-43)60-57(36-46)70(56-38-54-52(34-42(56)3)64(4,5)30-32-66(54,8)9)62-51-37-53-55(39-58(51)71-63(62)68-60)67(10,11)33-31-65(53,6)7/h12-29,34-39,69H,30-33H2,1-11H3. The highest BCUT2D eigenvalue weighted by atomic mass is 32.1. The van der Waals surface area contributed by atoms with Crippen LogP contribution in [0, 0.1) is 20.8 Å². The first-order valence-corrected chi connectivity index (χ1v) is 26.8. The Bertz CT molecular complexity index is 3600. The van der Waals surface area contributed by atoms with Gasteiger partial charge in [0.2, 0.25) is 7.28 Å². The molecule has 0 saturated heterocycles. The van der Waals surface area contributed by atoms with E-state index in [1.807, 2.05) is 11.3 Å². The SMILES string of the molecule is Cc1cc2c(cc1N1c3cc(-c4c(C)cccc4C)cc(-c4ccc5ccccc5c4Nc4ccc(-c5ccccc5)cc4)c3[B]c3sc4cc5c(cc4c31)C(C)(C)CCC5(C)C)C(C)(C)CCC2(C)C. The van der Waals surface area contributed by atoms with Gasteiger partial charge >= 0.3 is 0 Å². The predicted molar refractivity (Wildman–Crippen MR) is 310 cm³/mol. The molecular formula is C67H66BN2S. The fraction of sp³-hybridized carbons (Fsp3) is 0.284. The molecule has 0 atom stereocenters. The number of hydrogen-bond acceptors (Lipinski definition) is 3. The highest BCUT2D eigenvalue weighted by Gasteiger charge is 2.42. The van der Waals surface area contributed by atoms with Gasteiger partial charge in [0.15, 0.2) is 0 Å². The predicted octanol–water partition coefficient (Wildman–Crippen LogP) is 17.9. The smallest absolute Gasteiger partial charge is 0.211 e. The summed E-state index contributed by atoms with van der Waals surface area (Å²) in [4.78, 5) is 2.72. The van der Waals surface area contributed by atoms with E-state index in [1.165, 1.54) is 140 Å². The summed E-state index contributed by atoms with van der Waals surface area (Å²) in [6, 6.07) is 55.4. The number of thiophene rings is 1. The number of rotatable bonds is 6. The van der Waals surface area contributed by atoms with Gasteiger partial charge in [-0.25, -0.2) is 0 Å². The van der Waals surface area contributed by atoms with Crippen molar-refractivity contribution in [3.63, 3.8) is 0 Å². The third kappa shape index (κ3) is 7.49. The van der Waals surface area contributed by atoms with E-state index >= 15 is 0 Å². The van der Waals surface area contributed by atoms with Crippen molar-refractivity contribution in [1.29, 1.82) is 0 Å². The zero-order valence-electron chi connectivity index (χ0n) is 43.6. The van der Waals surface area contributed by atoms with Crippen LogP contribution in [0.5, 0.6) is 0 Å². The molecule has 2 heterocycles. The van der Waals surface area contributed by atoms with E-state index in [2.05, 4.69) is 239 Å². The first-order chi connectivity index (χ1) is 33.9. The molecular weight excluding hydrogens is 876 g/mol. The average molecular weight is 942 g/mol. The van der Waals surface area contributed by atoms with E-state index in [1.54, 1.807) is 0 Å². The molecule has 0 fully saturated rings. The Hall–Kier alpha value is -6.36. The summed E-state index contributed by atoms with van der Waals surface area (Å²) in [5.74, 6) is 0. The number of fused-ring (bicyclic) bond motifs is 7. The number of nitrogens with zero attached hydrogens (tertiary/aromatic N) is 1. The molecule has 71 heavy (non-hydrogen) atoms. The Morgan fingerprint density at radius 2 is 1.07 bits per heavy atom. The summed E-state index contributed by atoms with van der Waals surface area (Å²) < 4.78 is 2.68. The molecule has 0 unspecified atom stereocenters. The van der Waals surface area contributed by atoms with Gasteiger partial charge in [0, 0.05) is 38.1 Å². The number of anilines is 5. The normalized spacial score (nSPS) is 17.0. The maximum absolute atomic E-state index is 4.05. The Morgan fingerprint density at radius 3 is 1.75 bits per heavy atom. The maximum Gasteiger partial charge on any atom is 0.211 e. The van der Waals surface area contributed by atoms with Gasteiger partial charge in [0.05, 0.1) is 11.4 Å². The van der Waals surface area contributed by atoms with Crippen LogP contribution in [0.3, 0.4) is 0 Å². The van der Waals surface area contributed by atoms with Gasteiger partial charge in [-0.05, 0) is 193 Å². The van der Waals surface area contributed by atoms with Crippen molar-refractivity contribution in [1.82, 2.24) is 0 Å². The molecule has 8 aromatic carbocycles. The van der Waals surface area contributed by atoms with Crippen molar-refractivity contribution in [2.75, 3.05) is 10.2 Å². The molecule has 9 aromatic rings. The van der Waals surface area contributed by atoms with Crippen LogP contribution in [0.4, 0.5) is 28.4 Å². The summed E-state index contributed by atoms with van der Waals surface area (Å²) in [6.07, 6.45) is 4.72. The second-order valence-electron chi connectivity index (χ2n) is 23.9. The van der Waals surface area contributed by atoms with Crippen molar-refractivity contribution in [3.8, 4) is 33.4 Å². The second kappa shape index (κ2) is 16.3. The largest absolute Gasteiger partial charge is 0.355 e. The minimum Gasteiger partial charge on any atom is -0.355 e. The van der Waals surface area contributed by atoms with Crippen LogP contribution in [0.25, 0.3) is 54.2 Å². The van der Waals surface area contributed by atoms with Crippen LogP contribution in [0.2, 0.25) is 0 Å². The molecule has 0 bridgehead atoms. The monoisotopic (exact) mass is 942 g/mol. The van der Waals surface area contributed by atoms with E-state index in [4.69, 9.17) is 0 Å². The van der Waals surface area contributed by atoms with Crippen LogP contribution >= 0.6 is 11.3 Å². The van der Waals surface area contributed by atoms with Gasteiger partial charge in [0.25, 0.3) is 0 Å². The van der Waals surface area contributed by atoms with E-state index in [-0.39, 0.29) is 21.7 Å². The highest BCUT2D eigenvalue weighted by molar-refractivity contribution is 7.29. The Morgan fingerprint density at radius 1 is 0.479 bits per heavy atom. The van der Waals surface area contributed by atoms with Crippen molar-refractivity contribution in [3.05, 3.63) is 185 Å². The van der Waals surface area contributed by atoms with Crippen LogP contribution in [0.15, 0.2) is 146 Å². The molecule has 2 nitrogen and oxygen atoms in total. The fourth-order valence-corrected chi connectivity index (χ4v) is 13.9. The highest BCUT2D eigenvalue weighted by Crippen LogP contribution is 2.54. The van der Waals surface area contributed by atoms with Gasteiger partial charge in [-0.2, -0.15) is 0 Å². The van der Waals surface area contributed by atoms with Crippen LogP contribution < -0.4 is 20.5 Å². The number of benzene rings is 8. The minimum atomic E-state index is 0.0442. The lowest BCUT2D eigenvalue weighted by Crippen LogP contribution is -2.40. The molecule has 12 rings (SSSR count). The Kier molecular flexibility index (Phi) is 10.5. The average Bonchev–Trinajstić information content (AvgIpc) is 3.71. The summed E-state index contributed by atoms with van der Waals surface area (Å²) in [7, 11) is 2.55. The summed E-state index contributed by atoms with van der Waals surface area (Å²) in [6.45, 7) is 26.7. The summed E-state index contributed by atoms with van der Waals surface area (Å²) in [5, 5.41) is 7.82. The molecule has 0 spiro atoms. The van der Waals surface area contributed by atoms with E-state index in [9.17, 15) is 0 Å². The lowest BCUT2D eigenvalue weighted by atomic mass is 9.60. The summed E-state index contributed by atoms with van der Waals surface area (Å²) >= 11 is 1.97. The van der Waals surface area contributed by atoms with E-state index in [0.29, 0.717) is 0 Å². The Balaban J connectivity index is 1.16. The lowest BCUT2D eigenvalue weighted by molar-refractivity contribution is 0.332. The second-order valence-corrected chi connectivity index (χ2v) is 25.0. The van der Waals surface area contributed by atoms with Crippen molar-refractivity contribution >= 4 is 78.2 Å². The third-order valence-corrected chi connectivity index (χ3v) is 18.3. The first-order valence-electron chi connectivity index (χ1n) is 26.0. The topological polar surface area (TPSA) is 15.3 Å². The van der Waals surface area contributed by atoms with Gasteiger partial charge < -0.3 is 10.2 Å². The Labute approximate surface area is 427 Å². The molecule has 2 aliphatic carbocycles. The molecule has 1 N–H and O–H groups in total. The molecule has 1 aromatic heterocycles. The van der Waals surface area contributed by atoms with E-state index < -0.39 is 0 Å². The molecule has 3 aliphatic rings. The zero-order valence-corrected chi connectivity index (χ0v) is 44.4. The number of aryl methyl sites for hydroxylation is 3. The minimum absolute atomic E-state index is 0.0442. The molecule has 353 valence electrons. The third-order valence-electron chi connectivity index (χ3n) is 17.2. The maximum atomic E-state index is 4.05. The van der Waals surface area contributed by atoms with Crippen LogP contribution in [0.1, 0.15) is 120 Å². The number of nitrogens with one attached hydrogen (secondary N) is 1. The van der Waals surface area contributed by atoms with Gasteiger partial charge in [-0.15, -0.1) is 11.3 Å². The van der Waals surface area contributed by atoms with Crippen molar-refractivity contribution in [2.45, 2.75) is 124 Å². The molecule has 1 radical (unpaired) electrons. The van der Waals surface area contributed by atoms with Crippen LogP contribution in [-0.4, -0.2) is 7.28 Å². The van der Waals surface area contributed by atoms with Gasteiger partial charge in [-0.1, -0.05) is 159 Å².